The maximum Gasteiger partial charge on any atom is 0.344 e. The lowest BCUT2D eigenvalue weighted by atomic mass is 10.1. The number of nitrogens with zero attached hydrogens (tertiary/aromatic N) is 3. The molecule has 2 atom stereocenters. The fourth-order valence-electron chi connectivity index (χ4n) is 3.09. The Labute approximate surface area is 207 Å². The van der Waals surface area contributed by atoms with Crippen molar-refractivity contribution in [3.05, 3.63) is 61.0 Å². The summed E-state index contributed by atoms with van der Waals surface area (Å²) in [5, 5.41) is 14.2. The van der Waals surface area contributed by atoms with E-state index in [-0.39, 0.29) is 17.2 Å². The van der Waals surface area contributed by atoms with Crippen molar-refractivity contribution in [1.29, 1.82) is 0 Å². The lowest BCUT2D eigenvalue weighted by Gasteiger charge is -2.17. The van der Waals surface area contributed by atoms with E-state index in [0.29, 0.717) is 32.5 Å². The summed E-state index contributed by atoms with van der Waals surface area (Å²) in [4.78, 5) is 29.4. The van der Waals surface area contributed by atoms with E-state index in [1.807, 2.05) is 19.9 Å². The van der Waals surface area contributed by atoms with Gasteiger partial charge < -0.3 is 14.6 Å². The minimum atomic E-state index is -1.12. The van der Waals surface area contributed by atoms with Gasteiger partial charge in [-0.15, -0.1) is 0 Å². The number of carboxylic acid groups (broad SMARTS) is 1. The van der Waals surface area contributed by atoms with Crippen LogP contribution < -0.4 is 15.0 Å². The maximum absolute atomic E-state index is 13.3. The van der Waals surface area contributed by atoms with E-state index in [1.54, 1.807) is 24.3 Å². The topological polar surface area (TPSA) is 103 Å². The first-order chi connectivity index (χ1) is 15.7. The average Bonchev–Trinajstić information content (AvgIpc) is 2.79. The van der Waals surface area contributed by atoms with Crippen molar-refractivity contribution in [3.8, 4) is 11.5 Å². The molecule has 0 aliphatic rings. The van der Waals surface area contributed by atoms with Gasteiger partial charge >= 0.3 is 5.97 Å². The highest BCUT2D eigenvalue weighted by Crippen LogP contribution is 2.35. The van der Waals surface area contributed by atoms with E-state index >= 15 is 0 Å². The molecule has 1 N–H and O–H groups in total. The highest BCUT2D eigenvalue weighted by molar-refractivity contribution is 9.10. The third-order valence-corrected chi connectivity index (χ3v) is 6.06. The number of hydrogen-bond donors (Lipinski definition) is 1. The number of fused-ring (bicyclic) bond motifs is 1. The smallest absolute Gasteiger partial charge is 0.344 e. The molecule has 0 fully saturated rings. The Morgan fingerprint density at radius 3 is 2.61 bits per heavy atom. The van der Waals surface area contributed by atoms with Gasteiger partial charge in [-0.3, -0.25) is 4.79 Å². The van der Waals surface area contributed by atoms with Crippen molar-refractivity contribution >= 4 is 54.9 Å². The third kappa shape index (κ3) is 5.44. The van der Waals surface area contributed by atoms with Crippen LogP contribution >= 0.6 is 31.9 Å². The second-order valence-corrected chi connectivity index (χ2v) is 9.26. The van der Waals surface area contributed by atoms with Crippen molar-refractivity contribution in [2.24, 2.45) is 5.10 Å². The Balaban J connectivity index is 2.21. The summed E-state index contributed by atoms with van der Waals surface area (Å²) in [5.74, 6) is -0.0926. The number of carboxylic acids is 1. The Morgan fingerprint density at radius 2 is 1.97 bits per heavy atom. The molecule has 0 radical (unpaired) electrons. The first-order valence-electron chi connectivity index (χ1n) is 10.2. The van der Waals surface area contributed by atoms with Gasteiger partial charge in [-0.1, -0.05) is 45.7 Å². The van der Waals surface area contributed by atoms with Gasteiger partial charge in [0.2, 0.25) is 0 Å². The van der Waals surface area contributed by atoms with Crippen LogP contribution in [0, 0.1) is 0 Å². The van der Waals surface area contributed by atoms with Crippen LogP contribution in [0.1, 0.15) is 44.5 Å². The van der Waals surface area contributed by atoms with Crippen LogP contribution in [0.2, 0.25) is 0 Å². The number of benzene rings is 2. The van der Waals surface area contributed by atoms with Crippen molar-refractivity contribution in [1.82, 2.24) is 9.66 Å². The van der Waals surface area contributed by atoms with Crippen LogP contribution in [0.4, 0.5) is 0 Å². The lowest BCUT2D eigenvalue weighted by molar-refractivity contribution is -0.144. The van der Waals surface area contributed by atoms with Gasteiger partial charge in [0.15, 0.2) is 17.6 Å². The van der Waals surface area contributed by atoms with Crippen LogP contribution in [-0.4, -0.2) is 40.2 Å². The zero-order chi connectivity index (χ0) is 24.3. The van der Waals surface area contributed by atoms with Gasteiger partial charge in [-0.25, -0.2) is 9.78 Å². The molecule has 0 saturated carbocycles. The van der Waals surface area contributed by atoms with Gasteiger partial charge in [-0.05, 0) is 43.7 Å². The number of ether oxygens (including phenoxy) is 2. The summed E-state index contributed by atoms with van der Waals surface area (Å²) in [6.45, 7) is 5.40. The fourth-order valence-corrected chi connectivity index (χ4v) is 3.90. The number of rotatable bonds is 8. The fraction of sp³-hybridized carbons (Fsp3) is 0.304. The summed E-state index contributed by atoms with van der Waals surface area (Å²) in [6.07, 6.45) is 1.08. The molecular weight excluding hydrogens is 558 g/mol. The van der Waals surface area contributed by atoms with Crippen molar-refractivity contribution in [3.63, 3.8) is 0 Å². The molecule has 33 heavy (non-hydrogen) atoms. The molecule has 2 aromatic carbocycles. The molecule has 0 spiro atoms. The third-order valence-electron chi connectivity index (χ3n) is 5.11. The Morgan fingerprint density at radius 1 is 1.24 bits per heavy atom. The zero-order valence-corrected chi connectivity index (χ0v) is 21.7. The molecule has 174 valence electrons. The standard InChI is InChI=1S/C23H23Br2N3O5/c1-5-12(2)21-27-18-7-6-15(24)9-17(18)22(29)28(21)26-11-14-8-16(25)10-19(32-4)20(14)33-13(3)23(30)31/h6-13H,5H2,1-4H3,(H,30,31)/t12-,13-/m0/s1. The molecule has 0 bridgehead atoms. The SMILES string of the molecule is CC[C@H](C)c1nc2ccc(Br)cc2c(=O)n1N=Cc1cc(Br)cc(OC)c1O[C@@H](C)C(=O)O. The number of aromatic nitrogens is 2. The lowest BCUT2D eigenvalue weighted by Crippen LogP contribution is -2.24. The first-order valence-corrected chi connectivity index (χ1v) is 11.8. The van der Waals surface area contributed by atoms with Crippen LogP contribution in [0.3, 0.4) is 0 Å². The summed E-state index contributed by atoms with van der Waals surface area (Å²) < 4.78 is 13.7. The predicted molar refractivity (Wildman–Crippen MR) is 134 cm³/mol. The minimum Gasteiger partial charge on any atom is -0.493 e. The quantitative estimate of drug-likeness (QED) is 0.368. The molecule has 1 aromatic heterocycles. The minimum absolute atomic E-state index is 0.0253. The van der Waals surface area contributed by atoms with Gasteiger partial charge in [0, 0.05) is 20.4 Å². The maximum atomic E-state index is 13.3. The van der Waals surface area contributed by atoms with E-state index in [0.717, 1.165) is 10.9 Å². The van der Waals surface area contributed by atoms with E-state index in [2.05, 4.69) is 37.0 Å². The monoisotopic (exact) mass is 579 g/mol. The van der Waals surface area contributed by atoms with Gasteiger partial charge in [0.1, 0.15) is 5.82 Å². The van der Waals surface area contributed by atoms with E-state index in [9.17, 15) is 14.7 Å². The highest BCUT2D eigenvalue weighted by Gasteiger charge is 2.20. The Kier molecular flexibility index (Phi) is 7.91. The molecule has 0 amide bonds. The zero-order valence-electron chi connectivity index (χ0n) is 18.5. The van der Waals surface area contributed by atoms with Gasteiger partial charge in [-0.2, -0.15) is 9.78 Å². The van der Waals surface area contributed by atoms with Crippen LogP contribution in [0.25, 0.3) is 10.9 Å². The largest absolute Gasteiger partial charge is 0.493 e. The van der Waals surface area contributed by atoms with Crippen molar-refractivity contribution < 1.29 is 19.4 Å². The molecule has 0 saturated heterocycles. The van der Waals surface area contributed by atoms with Gasteiger partial charge in [0.25, 0.3) is 5.56 Å². The number of halogens is 2. The van der Waals surface area contributed by atoms with Crippen LogP contribution in [0.5, 0.6) is 11.5 Å². The molecule has 0 aliphatic heterocycles. The molecule has 8 nitrogen and oxygen atoms in total. The van der Waals surface area contributed by atoms with E-state index in [4.69, 9.17) is 14.5 Å². The van der Waals surface area contributed by atoms with E-state index in [1.165, 1.54) is 24.9 Å². The number of aliphatic carboxylic acids is 1. The molecule has 10 heteroatoms. The van der Waals surface area contributed by atoms with Crippen LogP contribution in [-0.2, 0) is 4.79 Å². The molecule has 0 unspecified atom stereocenters. The summed E-state index contributed by atoms with van der Waals surface area (Å²) in [7, 11) is 1.46. The van der Waals surface area contributed by atoms with Crippen molar-refractivity contribution in [2.45, 2.75) is 39.2 Å². The summed E-state index contributed by atoms with van der Waals surface area (Å²) >= 11 is 6.81. The second kappa shape index (κ2) is 10.5. The second-order valence-electron chi connectivity index (χ2n) is 7.43. The number of hydrogen-bond acceptors (Lipinski definition) is 6. The van der Waals surface area contributed by atoms with Crippen LogP contribution in [0.15, 0.2) is 49.2 Å². The molecular formula is C23H23Br2N3O5. The highest BCUT2D eigenvalue weighted by atomic mass is 79.9. The Bertz CT molecular complexity index is 1290. The van der Waals surface area contributed by atoms with Gasteiger partial charge in [0.05, 0.1) is 24.2 Å². The summed E-state index contributed by atoms with van der Waals surface area (Å²) in [6, 6.07) is 8.70. The predicted octanol–water partition coefficient (Wildman–Crippen LogP) is 5.18. The first kappa shape index (κ1) is 24.9. The summed E-state index contributed by atoms with van der Waals surface area (Å²) in [5.41, 5.74) is 0.718. The molecule has 1 heterocycles. The molecule has 0 aliphatic carbocycles. The normalized spacial score (nSPS) is 13.3. The van der Waals surface area contributed by atoms with Crippen molar-refractivity contribution in [2.75, 3.05) is 7.11 Å². The number of carbonyl (C=O) groups is 1. The Hall–Kier alpha value is -2.72. The molecule has 3 rings (SSSR count). The van der Waals surface area contributed by atoms with E-state index < -0.39 is 12.1 Å². The number of methoxy groups -OCH3 is 1. The average molecular weight is 581 g/mol. The molecule has 3 aromatic rings.